The number of piperazine rings is 1. The second kappa shape index (κ2) is 8.32. The number of hydrogen-bond donors (Lipinski definition) is 1. The van der Waals surface area contributed by atoms with Gasteiger partial charge in [-0.2, -0.15) is 8.78 Å². The lowest BCUT2D eigenvalue weighted by atomic mass is 10.2. The molecule has 1 N–H and O–H groups in total. The number of hydrogen-bond acceptors (Lipinski definition) is 3. The number of aromatic amines is 1. The maximum absolute atomic E-state index is 12.8. The lowest BCUT2D eigenvalue weighted by Crippen LogP contribution is -2.48. The fourth-order valence-corrected chi connectivity index (χ4v) is 4.00. The van der Waals surface area contributed by atoms with Crippen LogP contribution in [-0.4, -0.2) is 52.6 Å². The number of nitrogens with zero attached hydrogens (tertiary/aromatic N) is 2. The maximum Gasteiger partial charge on any atom is 0.288 e. The van der Waals surface area contributed by atoms with Gasteiger partial charge in [0.25, 0.3) is 11.7 Å². The summed E-state index contributed by atoms with van der Waals surface area (Å²) in [4.78, 5) is 20.7. The van der Waals surface area contributed by atoms with Gasteiger partial charge in [0.05, 0.1) is 0 Å². The summed E-state index contributed by atoms with van der Waals surface area (Å²) < 4.78 is 24.8. The molecule has 2 aromatic carbocycles. The Morgan fingerprint density at radius 3 is 2.43 bits per heavy atom. The summed E-state index contributed by atoms with van der Waals surface area (Å²) >= 11 is 0.562. The van der Waals surface area contributed by atoms with Crippen LogP contribution >= 0.6 is 11.8 Å². The van der Waals surface area contributed by atoms with E-state index in [1.165, 1.54) is 0 Å². The van der Waals surface area contributed by atoms with Gasteiger partial charge in [-0.25, -0.2) is 0 Å². The van der Waals surface area contributed by atoms with E-state index in [-0.39, 0.29) is 5.91 Å². The molecule has 0 radical (unpaired) electrons. The number of para-hydroxylation sites is 1. The van der Waals surface area contributed by atoms with Gasteiger partial charge in [-0.1, -0.05) is 42.1 Å². The van der Waals surface area contributed by atoms with E-state index in [2.05, 4.69) is 9.88 Å². The number of amides is 1. The quantitative estimate of drug-likeness (QED) is 0.643. The van der Waals surface area contributed by atoms with Gasteiger partial charge in [0.15, 0.2) is 0 Å². The Bertz CT molecular complexity index is 917. The predicted octanol–water partition coefficient (Wildman–Crippen LogP) is 4.44. The number of thioether (sulfide) groups is 1. The molecule has 1 amide bonds. The lowest BCUT2D eigenvalue weighted by molar-refractivity contribution is 0.0623. The highest BCUT2D eigenvalue weighted by atomic mass is 32.2. The summed E-state index contributed by atoms with van der Waals surface area (Å²) in [6.45, 7) is 3.69. The molecule has 1 fully saturated rings. The Morgan fingerprint density at radius 1 is 1.04 bits per heavy atom. The number of alkyl halides is 2. The van der Waals surface area contributed by atoms with Crippen LogP contribution in [0.5, 0.6) is 0 Å². The molecule has 7 heteroatoms. The van der Waals surface area contributed by atoms with Crippen molar-refractivity contribution in [1.29, 1.82) is 0 Å². The van der Waals surface area contributed by atoms with Gasteiger partial charge < -0.3 is 9.88 Å². The number of carbonyl (C=O) groups is 1. The topological polar surface area (TPSA) is 39.3 Å². The highest BCUT2D eigenvalue weighted by Gasteiger charge is 2.23. The van der Waals surface area contributed by atoms with Crippen LogP contribution in [0.3, 0.4) is 0 Å². The third kappa shape index (κ3) is 4.36. The second-order valence-corrected chi connectivity index (χ2v) is 7.92. The smallest absolute Gasteiger partial charge is 0.288 e. The number of carbonyl (C=O) groups excluding carboxylic acids is 1. The third-order valence-corrected chi connectivity index (χ3v) is 5.70. The fraction of sp³-hybridized carbons (Fsp3) is 0.286. The number of rotatable bonds is 5. The number of fused-ring (bicyclic) bond motifs is 1. The molecule has 2 heterocycles. The van der Waals surface area contributed by atoms with Crippen LogP contribution in [0.15, 0.2) is 59.5 Å². The van der Waals surface area contributed by atoms with Gasteiger partial charge in [0.2, 0.25) is 0 Å². The molecular formula is C21H21F2N3OS. The molecule has 1 saturated heterocycles. The molecule has 3 aromatic rings. The first-order chi connectivity index (χ1) is 13.6. The van der Waals surface area contributed by atoms with Crippen molar-refractivity contribution in [3.05, 3.63) is 65.9 Å². The zero-order valence-electron chi connectivity index (χ0n) is 15.3. The van der Waals surface area contributed by atoms with Crippen molar-refractivity contribution in [2.75, 3.05) is 26.2 Å². The molecule has 0 bridgehead atoms. The van der Waals surface area contributed by atoms with Crippen LogP contribution in [0.1, 0.15) is 16.1 Å². The first-order valence-corrected chi connectivity index (χ1v) is 10.1. The van der Waals surface area contributed by atoms with E-state index < -0.39 is 5.76 Å². The number of aromatic nitrogens is 1. The van der Waals surface area contributed by atoms with Gasteiger partial charge in [0.1, 0.15) is 5.69 Å². The summed E-state index contributed by atoms with van der Waals surface area (Å²) in [6, 6.07) is 17.0. The number of nitrogens with one attached hydrogen (secondary N) is 1. The molecule has 0 unspecified atom stereocenters. The van der Waals surface area contributed by atoms with Crippen molar-refractivity contribution in [3.8, 4) is 0 Å². The van der Waals surface area contributed by atoms with Crippen LogP contribution in [0.25, 0.3) is 10.9 Å². The largest absolute Gasteiger partial charge is 0.351 e. The van der Waals surface area contributed by atoms with Crippen LogP contribution in [0.2, 0.25) is 0 Å². The van der Waals surface area contributed by atoms with E-state index in [0.29, 0.717) is 35.4 Å². The number of benzene rings is 2. The van der Waals surface area contributed by atoms with Crippen molar-refractivity contribution >= 4 is 28.6 Å². The van der Waals surface area contributed by atoms with Crippen molar-refractivity contribution < 1.29 is 13.6 Å². The highest BCUT2D eigenvalue weighted by molar-refractivity contribution is 7.99. The molecule has 1 aromatic heterocycles. The third-order valence-electron chi connectivity index (χ3n) is 4.97. The summed E-state index contributed by atoms with van der Waals surface area (Å²) in [6.07, 6.45) is 0. The summed E-state index contributed by atoms with van der Waals surface area (Å²) in [5, 5.41) is 1.04. The van der Waals surface area contributed by atoms with Crippen molar-refractivity contribution in [1.82, 2.24) is 14.8 Å². The average Bonchev–Trinajstić information content (AvgIpc) is 3.13. The molecule has 4 nitrogen and oxygen atoms in total. The van der Waals surface area contributed by atoms with E-state index >= 15 is 0 Å². The number of halogens is 2. The first kappa shape index (κ1) is 19.0. The van der Waals surface area contributed by atoms with Gasteiger partial charge in [0, 0.05) is 48.5 Å². The number of H-pyrrole nitrogens is 1. The molecule has 1 aliphatic heterocycles. The highest BCUT2D eigenvalue weighted by Crippen LogP contribution is 2.25. The van der Waals surface area contributed by atoms with E-state index in [9.17, 15) is 13.6 Å². The molecule has 0 spiro atoms. The summed E-state index contributed by atoms with van der Waals surface area (Å²) in [5.74, 6) is -2.36. The maximum atomic E-state index is 12.8. The summed E-state index contributed by atoms with van der Waals surface area (Å²) in [7, 11) is 0. The molecule has 0 atom stereocenters. The Hall–Kier alpha value is -2.38. The molecule has 4 rings (SSSR count). The summed E-state index contributed by atoms with van der Waals surface area (Å²) in [5.41, 5.74) is 2.69. The Morgan fingerprint density at radius 2 is 1.75 bits per heavy atom. The van der Waals surface area contributed by atoms with Crippen molar-refractivity contribution in [2.45, 2.75) is 17.2 Å². The van der Waals surface area contributed by atoms with Crippen LogP contribution in [-0.2, 0) is 6.54 Å². The van der Waals surface area contributed by atoms with Crippen LogP contribution in [0.4, 0.5) is 8.78 Å². The SMILES string of the molecule is O=C(c1cc2ccccc2[nH]1)N1CCN(Cc2ccc(SC(F)F)cc2)CC1. The molecule has 146 valence electrons. The second-order valence-electron chi connectivity index (χ2n) is 6.86. The van der Waals surface area contributed by atoms with E-state index in [4.69, 9.17) is 0 Å². The molecular weight excluding hydrogens is 380 g/mol. The molecule has 28 heavy (non-hydrogen) atoms. The predicted molar refractivity (Wildman–Crippen MR) is 108 cm³/mol. The normalized spacial score (nSPS) is 15.5. The lowest BCUT2D eigenvalue weighted by Gasteiger charge is -2.34. The first-order valence-electron chi connectivity index (χ1n) is 9.21. The standard InChI is InChI=1S/C21H21F2N3OS/c22-21(23)28-17-7-5-15(6-8-17)14-25-9-11-26(12-10-25)20(27)19-13-16-3-1-2-4-18(16)24-19/h1-8,13,21,24H,9-12,14H2. The Labute approximate surface area is 166 Å². The molecule has 1 aliphatic rings. The van der Waals surface area contributed by atoms with Crippen LogP contribution in [0, 0.1) is 0 Å². The monoisotopic (exact) mass is 401 g/mol. The van der Waals surface area contributed by atoms with E-state index in [1.54, 1.807) is 12.1 Å². The zero-order chi connectivity index (χ0) is 19.5. The van der Waals surface area contributed by atoms with Gasteiger partial charge in [-0.15, -0.1) is 0 Å². The van der Waals surface area contributed by atoms with Crippen molar-refractivity contribution in [2.24, 2.45) is 0 Å². The molecule has 0 aliphatic carbocycles. The van der Waals surface area contributed by atoms with E-state index in [1.807, 2.05) is 47.4 Å². The Kier molecular flexibility index (Phi) is 5.64. The average molecular weight is 401 g/mol. The van der Waals surface area contributed by atoms with Crippen molar-refractivity contribution in [3.63, 3.8) is 0 Å². The van der Waals surface area contributed by atoms with Gasteiger partial charge in [-0.05, 0) is 29.8 Å². The van der Waals surface area contributed by atoms with E-state index in [0.717, 1.165) is 36.1 Å². The van der Waals surface area contributed by atoms with Gasteiger partial charge in [-0.3, -0.25) is 9.69 Å². The van der Waals surface area contributed by atoms with Crippen LogP contribution < -0.4 is 0 Å². The zero-order valence-corrected chi connectivity index (χ0v) is 16.1. The fourth-order valence-electron chi connectivity index (χ4n) is 3.50. The van der Waals surface area contributed by atoms with Gasteiger partial charge >= 0.3 is 0 Å². The minimum Gasteiger partial charge on any atom is -0.351 e. The minimum absolute atomic E-state index is 0.0317. The Balaban J connectivity index is 1.32. The minimum atomic E-state index is -2.39. The molecule has 0 saturated carbocycles.